The van der Waals surface area contributed by atoms with Gasteiger partial charge in [0.05, 0.1) is 17.2 Å². The maximum absolute atomic E-state index is 13.2. The minimum atomic E-state index is -0.224. The van der Waals surface area contributed by atoms with Gasteiger partial charge in [-0.25, -0.2) is 4.39 Å². The molecule has 1 amide bonds. The van der Waals surface area contributed by atoms with Gasteiger partial charge in [-0.2, -0.15) is 5.26 Å². The topological polar surface area (TPSA) is 50.6 Å². The van der Waals surface area contributed by atoms with E-state index in [1.807, 2.05) is 77.8 Å². The van der Waals surface area contributed by atoms with E-state index in [-0.39, 0.29) is 11.7 Å². The van der Waals surface area contributed by atoms with Crippen molar-refractivity contribution in [1.29, 1.82) is 5.26 Å². The third-order valence-electron chi connectivity index (χ3n) is 6.64. The summed E-state index contributed by atoms with van der Waals surface area (Å²) in [7, 11) is 0. The number of piperazine rings is 1. The molecule has 0 saturated carbocycles. The molecule has 2 heterocycles. The van der Waals surface area contributed by atoms with Gasteiger partial charge in [0.25, 0.3) is 5.91 Å². The fourth-order valence-electron chi connectivity index (χ4n) is 4.62. The highest BCUT2D eigenvalue weighted by atomic mass is 19.1. The second-order valence-corrected chi connectivity index (χ2v) is 9.07. The molecule has 5 nitrogen and oxygen atoms in total. The Labute approximate surface area is 211 Å². The van der Waals surface area contributed by atoms with Crippen molar-refractivity contribution in [3.8, 4) is 17.2 Å². The smallest absolute Gasteiger partial charge is 0.255 e. The molecule has 3 aromatic rings. The number of amides is 1. The van der Waals surface area contributed by atoms with E-state index in [0.29, 0.717) is 30.8 Å². The van der Waals surface area contributed by atoms with Gasteiger partial charge < -0.3 is 9.80 Å². The predicted octanol–water partition coefficient (Wildman–Crippen LogP) is 4.97. The standard InChI is InChI=1S/C30H27FN4O/c31-28-10-6-23(7-11-28)21-33-15-17-34(18-16-33)30(36)27-5-2-14-35(22-27)29-12-8-25(9-13-29)26-4-1-3-24(19-26)20-32/h1-13,19,22H,14-18,21H2. The maximum Gasteiger partial charge on any atom is 0.255 e. The van der Waals surface area contributed by atoms with Crippen molar-refractivity contribution < 1.29 is 9.18 Å². The molecule has 0 N–H and O–H groups in total. The quantitative estimate of drug-likeness (QED) is 0.520. The molecular weight excluding hydrogens is 451 g/mol. The Morgan fingerprint density at radius 3 is 2.39 bits per heavy atom. The Bertz CT molecular complexity index is 1330. The molecule has 2 aliphatic rings. The summed E-state index contributed by atoms with van der Waals surface area (Å²) in [5.41, 5.74) is 5.45. The van der Waals surface area contributed by atoms with Gasteiger partial charge in [-0.3, -0.25) is 9.69 Å². The van der Waals surface area contributed by atoms with Crippen molar-refractivity contribution >= 4 is 11.6 Å². The maximum atomic E-state index is 13.2. The molecule has 0 unspecified atom stereocenters. The summed E-state index contributed by atoms with van der Waals surface area (Å²) >= 11 is 0. The summed E-state index contributed by atoms with van der Waals surface area (Å²) < 4.78 is 13.2. The molecule has 1 saturated heterocycles. The van der Waals surface area contributed by atoms with Crippen LogP contribution in [-0.4, -0.2) is 48.4 Å². The first-order valence-electron chi connectivity index (χ1n) is 12.1. The highest BCUT2D eigenvalue weighted by Crippen LogP contribution is 2.26. The van der Waals surface area contributed by atoms with Crippen molar-refractivity contribution in [2.24, 2.45) is 0 Å². The van der Waals surface area contributed by atoms with E-state index >= 15 is 0 Å². The average Bonchev–Trinajstić information content (AvgIpc) is 2.94. The van der Waals surface area contributed by atoms with Crippen molar-refractivity contribution in [3.05, 3.63) is 114 Å². The zero-order valence-corrected chi connectivity index (χ0v) is 20.0. The van der Waals surface area contributed by atoms with E-state index < -0.39 is 0 Å². The molecule has 0 bridgehead atoms. The van der Waals surface area contributed by atoms with E-state index in [0.717, 1.165) is 42.0 Å². The first-order chi connectivity index (χ1) is 17.6. The number of nitrogens with zero attached hydrogens (tertiary/aromatic N) is 4. The lowest BCUT2D eigenvalue weighted by Gasteiger charge is -2.35. The van der Waals surface area contributed by atoms with Crippen LogP contribution in [0.15, 0.2) is 96.7 Å². The van der Waals surface area contributed by atoms with Crippen LogP contribution in [0.4, 0.5) is 10.1 Å². The second kappa shape index (κ2) is 10.6. The van der Waals surface area contributed by atoms with E-state index in [9.17, 15) is 9.18 Å². The highest BCUT2D eigenvalue weighted by molar-refractivity contribution is 5.97. The Morgan fingerprint density at radius 2 is 1.67 bits per heavy atom. The zero-order valence-electron chi connectivity index (χ0n) is 20.0. The summed E-state index contributed by atoms with van der Waals surface area (Å²) in [6.45, 7) is 4.38. The summed E-state index contributed by atoms with van der Waals surface area (Å²) in [4.78, 5) is 19.5. The normalized spacial score (nSPS) is 15.9. The molecule has 0 radical (unpaired) electrons. The summed E-state index contributed by atoms with van der Waals surface area (Å²) in [5.74, 6) is -0.180. The molecule has 0 atom stereocenters. The molecule has 1 fully saturated rings. The zero-order chi connectivity index (χ0) is 24.9. The first kappa shape index (κ1) is 23.5. The number of hydrogen-bond donors (Lipinski definition) is 0. The molecule has 0 aromatic heterocycles. The van der Waals surface area contributed by atoms with Gasteiger partial charge >= 0.3 is 0 Å². The number of benzene rings is 3. The van der Waals surface area contributed by atoms with E-state index in [1.165, 1.54) is 12.1 Å². The number of carbonyl (C=O) groups is 1. The van der Waals surface area contributed by atoms with Crippen LogP contribution in [-0.2, 0) is 11.3 Å². The van der Waals surface area contributed by atoms with Gasteiger partial charge in [0.1, 0.15) is 5.82 Å². The van der Waals surface area contributed by atoms with Gasteiger partial charge in [0.15, 0.2) is 0 Å². The van der Waals surface area contributed by atoms with Crippen molar-refractivity contribution in [2.45, 2.75) is 6.54 Å². The van der Waals surface area contributed by atoms with Crippen LogP contribution in [0.2, 0.25) is 0 Å². The average molecular weight is 479 g/mol. The number of halogens is 1. The predicted molar refractivity (Wildman–Crippen MR) is 139 cm³/mol. The van der Waals surface area contributed by atoms with Crippen LogP contribution >= 0.6 is 0 Å². The Hall–Kier alpha value is -4.21. The van der Waals surface area contributed by atoms with Crippen molar-refractivity contribution in [3.63, 3.8) is 0 Å². The molecule has 36 heavy (non-hydrogen) atoms. The lowest BCUT2D eigenvalue weighted by Crippen LogP contribution is -2.48. The Kier molecular flexibility index (Phi) is 6.92. The van der Waals surface area contributed by atoms with Crippen LogP contribution in [0.1, 0.15) is 11.1 Å². The minimum absolute atomic E-state index is 0.0438. The fourth-order valence-corrected chi connectivity index (χ4v) is 4.62. The summed E-state index contributed by atoms with van der Waals surface area (Å²) in [6.07, 6.45) is 5.85. The SMILES string of the molecule is N#Cc1cccc(-c2ccc(N3C=C(C(=O)N4CCN(Cc5ccc(F)cc5)CC4)C=CC3)cc2)c1. The molecule has 5 rings (SSSR count). The molecular formula is C30H27FN4O. The van der Waals surface area contributed by atoms with Crippen LogP contribution in [0, 0.1) is 17.1 Å². The molecule has 2 aliphatic heterocycles. The second-order valence-electron chi connectivity index (χ2n) is 9.07. The summed E-state index contributed by atoms with van der Waals surface area (Å²) in [6, 6.07) is 24.5. The van der Waals surface area contributed by atoms with Crippen LogP contribution in [0.3, 0.4) is 0 Å². The largest absolute Gasteiger partial charge is 0.343 e. The van der Waals surface area contributed by atoms with Gasteiger partial charge in [-0.1, -0.05) is 48.6 Å². The molecule has 0 aliphatic carbocycles. The van der Waals surface area contributed by atoms with Gasteiger partial charge in [0, 0.05) is 51.2 Å². The number of nitriles is 1. The van der Waals surface area contributed by atoms with Crippen LogP contribution in [0.5, 0.6) is 0 Å². The summed E-state index contributed by atoms with van der Waals surface area (Å²) in [5, 5.41) is 9.15. The third kappa shape index (κ3) is 5.37. The molecule has 6 heteroatoms. The minimum Gasteiger partial charge on any atom is -0.343 e. The molecule has 0 spiro atoms. The highest BCUT2D eigenvalue weighted by Gasteiger charge is 2.24. The van der Waals surface area contributed by atoms with E-state index in [1.54, 1.807) is 6.07 Å². The number of anilines is 1. The van der Waals surface area contributed by atoms with E-state index in [2.05, 4.69) is 15.9 Å². The Morgan fingerprint density at radius 1 is 0.917 bits per heavy atom. The van der Waals surface area contributed by atoms with Gasteiger partial charge in [-0.05, 0) is 53.1 Å². The van der Waals surface area contributed by atoms with Crippen molar-refractivity contribution in [2.75, 3.05) is 37.6 Å². The molecule has 180 valence electrons. The van der Waals surface area contributed by atoms with E-state index in [4.69, 9.17) is 5.26 Å². The first-order valence-corrected chi connectivity index (χ1v) is 12.1. The monoisotopic (exact) mass is 478 g/mol. The lowest BCUT2D eigenvalue weighted by molar-refractivity contribution is -0.128. The van der Waals surface area contributed by atoms with Crippen LogP contribution in [0.25, 0.3) is 11.1 Å². The molecule has 3 aromatic carbocycles. The number of rotatable bonds is 5. The third-order valence-corrected chi connectivity index (χ3v) is 6.64. The van der Waals surface area contributed by atoms with Crippen molar-refractivity contribution in [1.82, 2.24) is 9.80 Å². The fraction of sp³-hybridized carbons (Fsp3) is 0.200. The van der Waals surface area contributed by atoms with Gasteiger partial charge in [-0.15, -0.1) is 0 Å². The van der Waals surface area contributed by atoms with Gasteiger partial charge in [0.2, 0.25) is 0 Å². The number of hydrogen-bond acceptors (Lipinski definition) is 4. The number of carbonyl (C=O) groups excluding carboxylic acids is 1. The Balaban J connectivity index is 1.21. The lowest BCUT2D eigenvalue weighted by atomic mass is 10.0. The van der Waals surface area contributed by atoms with Crippen LogP contribution < -0.4 is 4.90 Å².